The van der Waals surface area contributed by atoms with Gasteiger partial charge in [0.25, 0.3) is 11.8 Å². The Morgan fingerprint density at radius 3 is 2.43 bits per heavy atom. The van der Waals surface area contributed by atoms with Crippen molar-refractivity contribution >= 4 is 17.5 Å². The van der Waals surface area contributed by atoms with Crippen molar-refractivity contribution in [2.45, 2.75) is 25.4 Å². The smallest absolute Gasteiger partial charge is 0.264 e. The Balaban J connectivity index is 1.40. The number of piperazine rings is 1. The molecule has 1 unspecified atom stereocenters. The van der Waals surface area contributed by atoms with Gasteiger partial charge in [0, 0.05) is 38.3 Å². The van der Waals surface area contributed by atoms with Gasteiger partial charge in [-0.3, -0.25) is 19.4 Å². The van der Waals surface area contributed by atoms with Crippen LogP contribution in [-0.2, 0) is 6.54 Å². The molecule has 2 aromatic carbocycles. The molecule has 2 aliphatic heterocycles. The van der Waals surface area contributed by atoms with Gasteiger partial charge >= 0.3 is 0 Å². The van der Waals surface area contributed by atoms with Crippen molar-refractivity contribution in [1.29, 1.82) is 0 Å². The molecule has 8 nitrogen and oxygen atoms in total. The summed E-state index contributed by atoms with van der Waals surface area (Å²) in [5.74, 6) is 0.620. The first-order valence-corrected chi connectivity index (χ1v) is 12.6. The molecule has 2 amide bonds. The fourth-order valence-corrected chi connectivity index (χ4v) is 5.32. The largest absolute Gasteiger partial charge is 0.493 e. The highest BCUT2D eigenvalue weighted by molar-refractivity contribution is 6.24. The van der Waals surface area contributed by atoms with Gasteiger partial charge in [-0.1, -0.05) is 25.5 Å². The van der Waals surface area contributed by atoms with Crippen molar-refractivity contribution in [3.05, 3.63) is 84.2 Å². The minimum absolute atomic E-state index is 0.260. The van der Waals surface area contributed by atoms with E-state index in [2.05, 4.69) is 16.7 Å². The monoisotopic (exact) mass is 502 g/mol. The molecule has 0 N–H and O–H groups in total. The van der Waals surface area contributed by atoms with Gasteiger partial charge in [-0.05, 0) is 42.3 Å². The van der Waals surface area contributed by atoms with Gasteiger partial charge in [-0.25, -0.2) is 0 Å². The van der Waals surface area contributed by atoms with Crippen LogP contribution in [0.5, 0.6) is 11.5 Å². The maximum absolute atomic E-state index is 13.9. The number of benzene rings is 2. The van der Waals surface area contributed by atoms with E-state index in [1.807, 2.05) is 30.3 Å². The molecule has 0 bridgehead atoms. The molecule has 1 radical (unpaired) electrons. The van der Waals surface area contributed by atoms with Gasteiger partial charge < -0.3 is 18.8 Å². The summed E-state index contributed by atoms with van der Waals surface area (Å²) in [4.78, 5) is 33.5. The zero-order chi connectivity index (χ0) is 25.9. The molecule has 5 rings (SSSR count). The third kappa shape index (κ3) is 4.69. The number of carbonyl (C=O) groups excluding carboxylic acids is 2. The summed E-state index contributed by atoms with van der Waals surface area (Å²) in [5, 5.41) is 0. The van der Waals surface area contributed by atoms with Crippen LogP contribution in [0.4, 0.5) is 5.69 Å². The molecule has 37 heavy (non-hydrogen) atoms. The van der Waals surface area contributed by atoms with Crippen LogP contribution in [0.3, 0.4) is 0 Å². The number of imide groups is 1. The van der Waals surface area contributed by atoms with Crippen LogP contribution in [0.1, 0.15) is 50.7 Å². The molecular weight excluding hydrogens is 470 g/mol. The highest BCUT2D eigenvalue weighted by atomic mass is 16.5. The van der Waals surface area contributed by atoms with Gasteiger partial charge in [0.2, 0.25) is 0 Å². The van der Waals surface area contributed by atoms with Crippen molar-refractivity contribution in [2.24, 2.45) is 0 Å². The summed E-state index contributed by atoms with van der Waals surface area (Å²) in [6.07, 6.45) is 4.58. The van der Waals surface area contributed by atoms with Gasteiger partial charge in [-0.2, -0.15) is 0 Å². The Bertz CT molecular complexity index is 1260. The Hall–Kier alpha value is -3.78. The van der Waals surface area contributed by atoms with Crippen LogP contribution in [0.15, 0.2) is 59.4 Å². The average molecular weight is 503 g/mol. The Kier molecular flexibility index (Phi) is 7.19. The van der Waals surface area contributed by atoms with E-state index in [1.165, 1.54) is 4.90 Å². The molecule has 1 fully saturated rings. The highest BCUT2D eigenvalue weighted by Crippen LogP contribution is 2.40. The molecule has 0 saturated carbocycles. The van der Waals surface area contributed by atoms with Crippen LogP contribution in [-0.4, -0.2) is 62.0 Å². The Morgan fingerprint density at radius 1 is 0.973 bits per heavy atom. The predicted octanol–water partition coefficient (Wildman–Crippen LogP) is 4.57. The number of hydrogen-bond acceptors (Lipinski definition) is 7. The first-order chi connectivity index (χ1) is 18.0. The second-order valence-electron chi connectivity index (χ2n) is 9.35. The standard InChI is InChI=1S/C29H32N3O5/c1-4-6-23(21-9-10-25(35-2)26(17-21)36-3)32-28(33)22-7-5-8-24(27(22)29(32)34)31-14-12-30(13-15-31)18-20-11-16-37-19-20/h5,7-11,16-17,19,23H,1,4,6,12-15,18H2,2-3H3. The van der Waals surface area contributed by atoms with Crippen molar-refractivity contribution < 1.29 is 23.5 Å². The van der Waals surface area contributed by atoms with Crippen LogP contribution < -0.4 is 14.4 Å². The molecule has 8 heteroatoms. The molecule has 3 aromatic rings. The first kappa shape index (κ1) is 24.9. The second-order valence-corrected chi connectivity index (χ2v) is 9.35. The number of furan rings is 1. The van der Waals surface area contributed by atoms with Crippen molar-refractivity contribution in [2.75, 3.05) is 45.3 Å². The molecule has 2 aliphatic rings. The number of amides is 2. The number of methoxy groups -OCH3 is 2. The van der Waals surface area contributed by atoms with Crippen molar-refractivity contribution in [1.82, 2.24) is 9.80 Å². The lowest BCUT2D eigenvalue weighted by Crippen LogP contribution is -2.46. The summed E-state index contributed by atoms with van der Waals surface area (Å²) >= 11 is 0. The lowest BCUT2D eigenvalue weighted by Gasteiger charge is -2.36. The van der Waals surface area contributed by atoms with E-state index in [-0.39, 0.29) is 11.8 Å². The van der Waals surface area contributed by atoms with E-state index in [9.17, 15) is 9.59 Å². The van der Waals surface area contributed by atoms with Crippen LogP contribution in [0.25, 0.3) is 0 Å². The fourth-order valence-electron chi connectivity index (χ4n) is 5.32. The number of carbonyl (C=O) groups is 2. The van der Waals surface area contributed by atoms with E-state index < -0.39 is 6.04 Å². The van der Waals surface area contributed by atoms with Crippen molar-refractivity contribution in [3.63, 3.8) is 0 Å². The number of nitrogens with zero attached hydrogens (tertiary/aromatic N) is 3. The fraction of sp³-hybridized carbons (Fsp3) is 0.345. The number of anilines is 1. The summed E-state index contributed by atoms with van der Waals surface area (Å²) in [6.45, 7) is 8.09. The summed E-state index contributed by atoms with van der Waals surface area (Å²) < 4.78 is 16.0. The van der Waals surface area contributed by atoms with Crippen LogP contribution in [0, 0.1) is 6.92 Å². The maximum Gasteiger partial charge on any atom is 0.264 e. The first-order valence-electron chi connectivity index (χ1n) is 12.6. The number of rotatable bonds is 9. The third-order valence-corrected chi connectivity index (χ3v) is 7.21. The Morgan fingerprint density at radius 2 is 1.76 bits per heavy atom. The zero-order valence-corrected chi connectivity index (χ0v) is 21.3. The summed E-state index contributed by atoms with van der Waals surface area (Å²) in [5.41, 5.74) is 3.73. The molecule has 0 spiro atoms. The van der Waals surface area contributed by atoms with Gasteiger partial charge in [-0.15, -0.1) is 0 Å². The van der Waals surface area contributed by atoms with E-state index in [0.717, 1.165) is 49.5 Å². The van der Waals surface area contributed by atoms with Gasteiger partial charge in [0.15, 0.2) is 11.5 Å². The Labute approximate surface area is 217 Å². The van der Waals surface area contributed by atoms with E-state index >= 15 is 0 Å². The average Bonchev–Trinajstić information content (AvgIpc) is 3.53. The van der Waals surface area contributed by atoms with Crippen LogP contribution >= 0.6 is 0 Å². The summed E-state index contributed by atoms with van der Waals surface area (Å²) in [6, 6.07) is 12.6. The van der Waals surface area contributed by atoms with Gasteiger partial charge in [0.1, 0.15) is 0 Å². The molecule has 0 aliphatic carbocycles. The van der Waals surface area contributed by atoms with Gasteiger partial charge in [0.05, 0.1) is 49.6 Å². The van der Waals surface area contributed by atoms with E-state index in [4.69, 9.17) is 13.9 Å². The second kappa shape index (κ2) is 10.7. The molecule has 1 atom stereocenters. The maximum atomic E-state index is 13.9. The normalized spacial score (nSPS) is 16.7. The number of hydrogen-bond donors (Lipinski definition) is 0. The van der Waals surface area contributed by atoms with E-state index in [1.54, 1.807) is 38.9 Å². The number of fused-ring (bicyclic) bond motifs is 1. The zero-order valence-electron chi connectivity index (χ0n) is 21.3. The third-order valence-electron chi connectivity index (χ3n) is 7.21. The minimum atomic E-state index is -0.454. The molecule has 193 valence electrons. The van der Waals surface area contributed by atoms with Crippen LogP contribution in [0.2, 0.25) is 0 Å². The quantitative estimate of drug-likeness (QED) is 0.397. The van der Waals surface area contributed by atoms with E-state index in [0.29, 0.717) is 35.5 Å². The molecular formula is C29H32N3O5. The predicted molar refractivity (Wildman–Crippen MR) is 140 cm³/mol. The molecule has 1 aromatic heterocycles. The molecule has 3 heterocycles. The minimum Gasteiger partial charge on any atom is -0.493 e. The lowest BCUT2D eigenvalue weighted by molar-refractivity contribution is 0.0574. The highest BCUT2D eigenvalue weighted by Gasteiger charge is 2.42. The van der Waals surface area contributed by atoms with Crippen molar-refractivity contribution in [3.8, 4) is 11.5 Å². The SMILES string of the molecule is [CH2]CCC(c1ccc(OC)c(OC)c1)N1C(=O)c2cccc(N3CCN(Cc4ccoc4)CC3)c2C1=O. The summed E-state index contributed by atoms with van der Waals surface area (Å²) in [7, 11) is 3.15. The topological polar surface area (TPSA) is 75.5 Å². The lowest BCUT2D eigenvalue weighted by atomic mass is 10.00. The number of ether oxygens (including phenoxy) is 2. The molecule has 1 saturated heterocycles.